The molecule has 0 bridgehead atoms. The number of hydrogen-bond donors (Lipinski definition) is 2. The van der Waals surface area contributed by atoms with E-state index in [0.29, 0.717) is 13.1 Å². The number of aliphatic hydroxyl groups excluding tert-OH is 1. The minimum atomic E-state index is -0.857. The molecule has 2 fully saturated rings. The number of rotatable bonds is 5. The van der Waals surface area contributed by atoms with E-state index in [9.17, 15) is 9.59 Å². The SMILES string of the molecule is O=C(O)CC1CCCCN1C(=O)N(CCO)C1CC1. The number of piperidine rings is 1. The maximum Gasteiger partial charge on any atom is 0.320 e. The summed E-state index contributed by atoms with van der Waals surface area (Å²) in [6, 6.07) is -0.0479. The monoisotopic (exact) mass is 270 g/mol. The highest BCUT2D eigenvalue weighted by molar-refractivity contribution is 5.77. The average molecular weight is 270 g/mol. The summed E-state index contributed by atoms with van der Waals surface area (Å²) in [5.41, 5.74) is 0. The van der Waals surface area contributed by atoms with E-state index in [1.54, 1.807) is 9.80 Å². The Morgan fingerprint density at radius 1 is 1.21 bits per heavy atom. The van der Waals surface area contributed by atoms with Crippen LogP contribution in [0.15, 0.2) is 0 Å². The highest BCUT2D eigenvalue weighted by atomic mass is 16.4. The second kappa shape index (κ2) is 6.23. The van der Waals surface area contributed by atoms with Crippen molar-refractivity contribution in [3.63, 3.8) is 0 Å². The largest absolute Gasteiger partial charge is 0.481 e. The summed E-state index contributed by atoms with van der Waals surface area (Å²) < 4.78 is 0. The molecule has 1 atom stereocenters. The zero-order valence-electron chi connectivity index (χ0n) is 11.1. The third-order valence-electron chi connectivity index (χ3n) is 3.86. The minimum Gasteiger partial charge on any atom is -0.481 e. The standard InChI is InChI=1S/C13H22N2O4/c16-8-7-15(10-4-5-10)13(19)14-6-2-1-3-11(14)9-12(17)18/h10-11,16H,1-9H2,(H,17,18). The van der Waals surface area contributed by atoms with E-state index >= 15 is 0 Å². The van der Waals surface area contributed by atoms with Crippen LogP contribution in [0.5, 0.6) is 0 Å². The lowest BCUT2D eigenvalue weighted by Gasteiger charge is -2.38. The normalized spacial score (nSPS) is 23.2. The first kappa shape index (κ1) is 14.1. The number of carbonyl (C=O) groups excluding carboxylic acids is 1. The predicted octanol–water partition coefficient (Wildman–Crippen LogP) is 0.892. The molecule has 19 heavy (non-hydrogen) atoms. The molecular formula is C13H22N2O4. The molecule has 2 N–H and O–H groups in total. The third kappa shape index (κ3) is 3.59. The van der Waals surface area contributed by atoms with Crippen LogP contribution >= 0.6 is 0 Å². The van der Waals surface area contributed by atoms with Crippen molar-refractivity contribution in [1.82, 2.24) is 9.80 Å². The first-order valence-electron chi connectivity index (χ1n) is 7.03. The molecule has 6 heteroatoms. The highest BCUT2D eigenvalue weighted by Crippen LogP contribution is 2.29. The number of hydrogen-bond acceptors (Lipinski definition) is 3. The van der Waals surface area contributed by atoms with Crippen LogP contribution < -0.4 is 0 Å². The number of aliphatic carboxylic acids is 1. The quantitative estimate of drug-likeness (QED) is 0.777. The van der Waals surface area contributed by atoms with Gasteiger partial charge in [0.15, 0.2) is 0 Å². The van der Waals surface area contributed by atoms with Crippen LogP contribution in [0.3, 0.4) is 0 Å². The van der Waals surface area contributed by atoms with Crippen LogP contribution in [-0.2, 0) is 4.79 Å². The molecule has 108 valence electrons. The van der Waals surface area contributed by atoms with Gasteiger partial charge in [-0.05, 0) is 32.1 Å². The Morgan fingerprint density at radius 2 is 1.95 bits per heavy atom. The van der Waals surface area contributed by atoms with Crippen molar-refractivity contribution in [3.8, 4) is 0 Å². The third-order valence-corrected chi connectivity index (χ3v) is 3.86. The van der Waals surface area contributed by atoms with E-state index in [1.807, 2.05) is 0 Å². The number of carbonyl (C=O) groups is 2. The number of urea groups is 1. The van der Waals surface area contributed by atoms with Crippen LogP contribution in [-0.4, -0.2) is 63.8 Å². The number of amides is 2. The summed E-state index contributed by atoms with van der Waals surface area (Å²) >= 11 is 0. The lowest BCUT2D eigenvalue weighted by molar-refractivity contribution is -0.138. The van der Waals surface area contributed by atoms with Gasteiger partial charge in [-0.3, -0.25) is 4.79 Å². The van der Waals surface area contributed by atoms with E-state index in [2.05, 4.69) is 0 Å². The van der Waals surface area contributed by atoms with Gasteiger partial charge in [-0.2, -0.15) is 0 Å². The molecule has 2 amide bonds. The van der Waals surface area contributed by atoms with Gasteiger partial charge in [0.05, 0.1) is 13.0 Å². The van der Waals surface area contributed by atoms with Gasteiger partial charge in [0.1, 0.15) is 0 Å². The van der Waals surface area contributed by atoms with Crippen molar-refractivity contribution in [3.05, 3.63) is 0 Å². The van der Waals surface area contributed by atoms with Crippen molar-refractivity contribution in [2.75, 3.05) is 19.7 Å². The molecule has 1 unspecified atom stereocenters. The minimum absolute atomic E-state index is 0.0172. The number of nitrogens with zero attached hydrogens (tertiary/aromatic N) is 2. The summed E-state index contributed by atoms with van der Waals surface area (Å²) in [4.78, 5) is 26.8. The van der Waals surface area contributed by atoms with Crippen molar-refractivity contribution < 1.29 is 19.8 Å². The lowest BCUT2D eigenvalue weighted by atomic mass is 10.00. The molecule has 1 saturated heterocycles. The van der Waals surface area contributed by atoms with Crippen LogP contribution in [0.1, 0.15) is 38.5 Å². The Bertz CT molecular complexity index is 344. The van der Waals surface area contributed by atoms with Crippen LogP contribution in [0.25, 0.3) is 0 Å². The average Bonchev–Trinajstić information content (AvgIpc) is 3.19. The van der Waals surface area contributed by atoms with E-state index in [1.165, 1.54) is 0 Å². The maximum absolute atomic E-state index is 12.5. The van der Waals surface area contributed by atoms with Crippen molar-refractivity contribution in [2.45, 2.75) is 50.6 Å². The van der Waals surface area contributed by atoms with Gasteiger partial charge in [-0.15, -0.1) is 0 Å². The fourth-order valence-corrected chi connectivity index (χ4v) is 2.76. The molecule has 2 aliphatic rings. The Labute approximate surface area is 113 Å². The van der Waals surface area contributed by atoms with E-state index < -0.39 is 5.97 Å². The van der Waals surface area contributed by atoms with Crippen molar-refractivity contribution in [1.29, 1.82) is 0 Å². The van der Waals surface area contributed by atoms with Gasteiger partial charge in [0, 0.05) is 25.2 Å². The molecule has 0 aromatic rings. The van der Waals surface area contributed by atoms with Crippen LogP contribution in [0.4, 0.5) is 4.79 Å². The zero-order chi connectivity index (χ0) is 13.8. The van der Waals surface area contributed by atoms with Crippen molar-refractivity contribution in [2.24, 2.45) is 0 Å². The number of aliphatic hydroxyl groups is 1. The summed E-state index contributed by atoms with van der Waals surface area (Å²) in [6.07, 6.45) is 4.66. The maximum atomic E-state index is 12.5. The Hall–Kier alpha value is -1.30. The van der Waals surface area contributed by atoms with Crippen LogP contribution in [0, 0.1) is 0 Å². The second-order valence-corrected chi connectivity index (χ2v) is 5.37. The second-order valence-electron chi connectivity index (χ2n) is 5.37. The molecule has 0 radical (unpaired) electrons. The molecule has 6 nitrogen and oxygen atoms in total. The lowest BCUT2D eigenvalue weighted by Crippen LogP contribution is -2.52. The zero-order valence-corrected chi connectivity index (χ0v) is 11.1. The number of likely N-dealkylation sites (tertiary alicyclic amines) is 1. The molecule has 0 spiro atoms. The summed E-state index contributed by atoms with van der Waals surface area (Å²) in [5.74, 6) is -0.857. The van der Waals surface area contributed by atoms with E-state index in [0.717, 1.165) is 32.1 Å². The van der Waals surface area contributed by atoms with Gasteiger partial charge in [0.25, 0.3) is 0 Å². The molecule has 1 aliphatic carbocycles. The Balaban J connectivity index is 2.02. The fraction of sp³-hybridized carbons (Fsp3) is 0.846. The molecule has 0 aromatic heterocycles. The molecule has 2 rings (SSSR count). The number of carboxylic acid groups (broad SMARTS) is 1. The first-order chi connectivity index (χ1) is 9.13. The van der Waals surface area contributed by atoms with Crippen LogP contribution in [0.2, 0.25) is 0 Å². The summed E-state index contributed by atoms with van der Waals surface area (Å²) in [5, 5.41) is 18.0. The van der Waals surface area contributed by atoms with E-state index in [-0.39, 0.29) is 31.1 Å². The molecule has 1 heterocycles. The summed E-state index contributed by atoms with van der Waals surface area (Å²) in [6.45, 7) is 0.935. The Kier molecular flexibility index (Phi) is 4.63. The van der Waals surface area contributed by atoms with Crippen molar-refractivity contribution >= 4 is 12.0 Å². The van der Waals surface area contributed by atoms with Gasteiger partial charge in [0.2, 0.25) is 0 Å². The smallest absolute Gasteiger partial charge is 0.320 e. The number of carboxylic acids is 1. The molecular weight excluding hydrogens is 248 g/mol. The fourth-order valence-electron chi connectivity index (χ4n) is 2.76. The predicted molar refractivity (Wildman–Crippen MR) is 68.8 cm³/mol. The topological polar surface area (TPSA) is 81.1 Å². The molecule has 1 saturated carbocycles. The van der Waals surface area contributed by atoms with E-state index in [4.69, 9.17) is 10.2 Å². The highest BCUT2D eigenvalue weighted by Gasteiger charge is 2.37. The van der Waals surface area contributed by atoms with Gasteiger partial charge >= 0.3 is 12.0 Å². The molecule has 0 aromatic carbocycles. The first-order valence-corrected chi connectivity index (χ1v) is 7.03. The van der Waals surface area contributed by atoms with Gasteiger partial charge in [-0.1, -0.05) is 0 Å². The Morgan fingerprint density at radius 3 is 2.53 bits per heavy atom. The molecule has 1 aliphatic heterocycles. The van der Waals surface area contributed by atoms with Gasteiger partial charge in [-0.25, -0.2) is 4.79 Å². The van der Waals surface area contributed by atoms with Gasteiger partial charge < -0.3 is 20.0 Å². The summed E-state index contributed by atoms with van der Waals surface area (Å²) in [7, 11) is 0.